The van der Waals surface area contributed by atoms with E-state index < -0.39 is 35.3 Å². The van der Waals surface area contributed by atoms with Crippen molar-refractivity contribution in [1.82, 2.24) is 9.97 Å². The summed E-state index contributed by atoms with van der Waals surface area (Å²) in [5.41, 5.74) is 9.61. The van der Waals surface area contributed by atoms with Crippen molar-refractivity contribution in [1.29, 1.82) is 0 Å². The number of nitrogens with two attached hydrogens (primary N) is 2. The van der Waals surface area contributed by atoms with Crippen molar-refractivity contribution in [3.63, 3.8) is 0 Å². The summed E-state index contributed by atoms with van der Waals surface area (Å²) in [5.74, 6) is -4.33. The molecule has 0 spiro atoms. The molecule has 29 heavy (non-hydrogen) atoms. The van der Waals surface area contributed by atoms with Gasteiger partial charge in [-0.25, -0.2) is 29.1 Å². The Morgan fingerprint density at radius 3 is 1.48 bits per heavy atom. The molecule has 2 aromatic heterocycles. The van der Waals surface area contributed by atoms with Gasteiger partial charge in [-0.1, -0.05) is 10.3 Å². The van der Waals surface area contributed by atoms with Gasteiger partial charge in [0.25, 0.3) is 0 Å². The smallest absolute Gasteiger partial charge is 0.370 e. The molecule has 13 nitrogen and oxygen atoms in total. The Hall–Kier alpha value is -3.72. The van der Waals surface area contributed by atoms with E-state index in [0.717, 1.165) is 36.5 Å². The van der Waals surface area contributed by atoms with Crippen molar-refractivity contribution < 1.29 is 33.6 Å². The van der Waals surface area contributed by atoms with Crippen molar-refractivity contribution in [2.75, 3.05) is 11.5 Å². The van der Waals surface area contributed by atoms with Crippen LogP contribution in [0.1, 0.15) is 25.2 Å². The molecule has 2 heterocycles. The van der Waals surface area contributed by atoms with Crippen LogP contribution in [-0.4, -0.2) is 45.3 Å². The van der Waals surface area contributed by atoms with E-state index in [2.05, 4.69) is 30.0 Å². The standard InChI is InChI=1S/C14H12N6O7S2/c1-5(21)26-19-9(7-3-28-13(15)17-7)11(23)25-12(24)10(20-27-6(2)22)8-4-29-14(16)18-8/h3-4H,1-2H3,(H2,15,17)(H2,16,18)/b19-9-,20-10+. The van der Waals surface area contributed by atoms with E-state index in [1.807, 2.05) is 0 Å². The van der Waals surface area contributed by atoms with Crippen LogP contribution in [0.25, 0.3) is 0 Å². The van der Waals surface area contributed by atoms with E-state index >= 15 is 0 Å². The van der Waals surface area contributed by atoms with E-state index in [9.17, 15) is 19.2 Å². The maximum absolute atomic E-state index is 12.4. The minimum Gasteiger partial charge on any atom is -0.383 e. The monoisotopic (exact) mass is 440 g/mol. The molecule has 152 valence electrons. The van der Waals surface area contributed by atoms with Gasteiger partial charge in [0, 0.05) is 24.6 Å². The van der Waals surface area contributed by atoms with Crippen LogP contribution in [0.15, 0.2) is 21.1 Å². The Morgan fingerprint density at radius 2 is 1.21 bits per heavy atom. The van der Waals surface area contributed by atoms with Gasteiger partial charge in [-0.3, -0.25) is 0 Å². The Kier molecular flexibility index (Phi) is 7.05. The summed E-state index contributed by atoms with van der Waals surface area (Å²) in [7, 11) is 0. The van der Waals surface area contributed by atoms with Crippen molar-refractivity contribution in [3.8, 4) is 0 Å². The van der Waals surface area contributed by atoms with Crippen LogP contribution >= 0.6 is 22.7 Å². The van der Waals surface area contributed by atoms with Crippen molar-refractivity contribution >= 4 is 68.2 Å². The first-order chi connectivity index (χ1) is 13.7. The summed E-state index contributed by atoms with van der Waals surface area (Å²) >= 11 is 1.94. The second-order valence-electron chi connectivity index (χ2n) is 4.86. The first kappa shape index (κ1) is 21.6. The number of hydrogen-bond acceptors (Lipinski definition) is 15. The van der Waals surface area contributed by atoms with Crippen LogP contribution in [0.3, 0.4) is 0 Å². The van der Waals surface area contributed by atoms with Gasteiger partial charge >= 0.3 is 23.9 Å². The molecule has 0 atom stereocenters. The van der Waals surface area contributed by atoms with Gasteiger partial charge < -0.3 is 25.9 Å². The number of esters is 2. The summed E-state index contributed by atoms with van der Waals surface area (Å²) < 4.78 is 4.69. The summed E-state index contributed by atoms with van der Waals surface area (Å²) in [4.78, 5) is 63.3. The maximum Gasteiger partial charge on any atom is 0.370 e. The fourth-order valence-corrected chi connectivity index (χ4v) is 2.67. The topological polar surface area (TPSA) is 199 Å². The molecule has 0 bridgehead atoms. The van der Waals surface area contributed by atoms with Crippen molar-refractivity contribution in [2.45, 2.75) is 13.8 Å². The zero-order valence-electron chi connectivity index (χ0n) is 14.8. The molecule has 4 N–H and O–H groups in total. The highest BCUT2D eigenvalue weighted by atomic mass is 32.1. The van der Waals surface area contributed by atoms with Crippen molar-refractivity contribution in [2.24, 2.45) is 10.3 Å². The normalized spacial score (nSPS) is 11.7. The number of anilines is 2. The Labute approximate surface area is 169 Å². The maximum atomic E-state index is 12.4. The minimum atomic E-state index is -1.33. The first-order valence-corrected chi connectivity index (χ1v) is 9.13. The van der Waals surface area contributed by atoms with Gasteiger partial charge in [0.1, 0.15) is 11.4 Å². The van der Waals surface area contributed by atoms with Crippen molar-refractivity contribution in [3.05, 3.63) is 22.1 Å². The van der Waals surface area contributed by atoms with Gasteiger partial charge in [-0.15, -0.1) is 22.7 Å². The molecule has 0 aromatic carbocycles. The van der Waals surface area contributed by atoms with Gasteiger partial charge in [-0.2, -0.15) is 0 Å². The summed E-state index contributed by atoms with van der Waals surface area (Å²) in [6.45, 7) is 2.09. The molecule has 0 amide bonds. The minimum absolute atomic E-state index is 0.0877. The van der Waals surface area contributed by atoms with Gasteiger partial charge in [-0.05, 0) is 0 Å². The number of hydrogen-bond donors (Lipinski definition) is 2. The Bertz CT molecular complexity index is 945. The molecular weight excluding hydrogens is 428 g/mol. The molecule has 0 fully saturated rings. The highest BCUT2D eigenvalue weighted by Gasteiger charge is 2.28. The molecule has 0 radical (unpaired) electrons. The lowest BCUT2D eigenvalue weighted by Crippen LogP contribution is -2.28. The average molecular weight is 440 g/mol. The predicted molar refractivity (Wildman–Crippen MR) is 101 cm³/mol. The lowest BCUT2D eigenvalue weighted by atomic mass is 10.3. The number of oxime groups is 2. The van der Waals surface area contributed by atoms with E-state index in [1.165, 1.54) is 10.8 Å². The van der Waals surface area contributed by atoms with E-state index in [4.69, 9.17) is 16.2 Å². The van der Waals surface area contributed by atoms with Gasteiger partial charge in [0.2, 0.25) is 11.4 Å². The number of thiazole rings is 2. The van der Waals surface area contributed by atoms with Crippen LogP contribution in [0.2, 0.25) is 0 Å². The fourth-order valence-electron chi connectivity index (χ4n) is 1.57. The first-order valence-electron chi connectivity index (χ1n) is 7.37. The number of aromatic nitrogens is 2. The quantitative estimate of drug-likeness (QED) is 0.202. The number of carbonyl (C=O) groups excluding carboxylic acids is 4. The number of nitrogens with zero attached hydrogens (tertiary/aromatic N) is 4. The molecule has 0 aliphatic carbocycles. The van der Waals surface area contributed by atoms with Crippen LogP contribution in [-0.2, 0) is 33.6 Å². The van der Waals surface area contributed by atoms with E-state index in [0.29, 0.717) is 0 Å². The number of nitrogen functional groups attached to an aromatic ring is 2. The van der Waals surface area contributed by atoms with Crippen LogP contribution < -0.4 is 11.5 Å². The number of ether oxygens (including phenoxy) is 1. The molecule has 15 heteroatoms. The molecule has 0 saturated carbocycles. The van der Waals surface area contributed by atoms with E-state index in [1.54, 1.807) is 0 Å². The largest absolute Gasteiger partial charge is 0.383 e. The fraction of sp³-hybridized carbons (Fsp3) is 0.143. The third kappa shape index (κ3) is 6.15. The molecule has 0 aliphatic heterocycles. The zero-order valence-corrected chi connectivity index (χ0v) is 16.4. The Balaban J connectivity index is 2.31. The molecule has 0 aliphatic rings. The molecule has 2 aromatic rings. The lowest BCUT2D eigenvalue weighted by molar-refractivity contribution is -0.149. The summed E-state index contributed by atoms with van der Waals surface area (Å²) in [5, 5.41) is 9.52. The van der Waals surface area contributed by atoms with Crippen LogP contribution in [0, 0.1) is 0 Å². The number of carbonyl (C=O) groups is 4. The highest BCUT2D eigenvalue weighted by Crippen LogP contribution is 2.15. The summed E-state index contributed by atoms with van der Waals surface area (Å²) in [6.07, 6.45) is 0. The van der Waals surface area contributed by atoms with Gasteiger partial charge in [0.05, 0.1) is 0 Å². The zero-order chi connectivity index (χ0) is 21.6. The lowest BCUT2D eigenvalue weighted by Gasteiger charge is -2.05. The Morgan fingerprint density at radius 1 is 0.828 bits per heavy atom. The SMILES string of the molecule is CC(=O)O/N=C(\C(=O)OC(=O)/C(=N/OC(C)=O)c1csc(N)n1)c1csc(N)n1. The number of rotatable bonds is 6. The summed E-state index contributed by atoms with van der Waals surface area (Å²) in [6, 6.07) is 0. The van der Waals surface area contributed by atoms with Crippen LogP contribution in [0.5, 0.6) is 0 Å². The highest BCUT2D eigenvalue weighted by molar-refractivity contribution is 7.14. The predicted octanol–water partition coefficient (Wildman–Crippen LogP) is 0.0684. The molecular formula is C14H12N6O7S2. The van der Waals surface area contributed by atoms with Crippen LogP contribution in [0.4, 0.5) is 10.3 Å². The molecule has 0 unspecified atom stereocenters. The molecule has 2 rings (SSSR count). The third-order valence-electron chi connectivity index (χ3n) is 2.63. The van der Waals surface area contributed by atoms with E-state index in [-0.39, 0.29) is 21.7 Å². The second-order valence-corrected chi connectivity index (χ2v) is 6.64. The van der Waals surface area contributed by atoms with Gasteiger partial charge in [0.15, 0.2) is 10.3 Å². The third-order valence-corrected chi connectivity index (χ3v) is 3.98. The average Bonchev–Trinajstić information content (AvgIpc) is 3.23. The molecule has 0 saturated heterocycles. The second kappa shape index (κ2) is 9.47.